The smallest absolute Gasteiger partial charge is 0.249 e. The lowest BCUT2D eigenvalue weighted by molar-refractivity contribution is -0.120. The molecule has 1 aromatic carbocycles. The highest BCUT2D eigenvalue weighted by molar-refractivity contribution is 9.10. The monoisotopic (exact) mass is 268 g/mol. The zero-order valence-corrected chi connectivity index (χ0v) is 10.6. The van der Waals surface area contributed by atoms with Crippen LogP contribution < -0.4 is 10.2 Å². The van der Waals surface area contributed by atoms with Crippen molar-refractivity contribution < 1.29 is 4.79 Å². The van der Waals surface area contributed by atoms with Crippen molar-refractivity contribution in [3.05, 3.63) is 22.7 Å². The first-order valence-electron chi connectivity index (χ1n) is 4.78. The zero-order valence-electron chi connectivity index (χ0n) is 8.97. The van der Waals surface area contributed by atoms with E-state index in [0.29, 0.717) is 0 Å². The third-order valence-electron chi connectivity index (χ3n) is 2.96. The van der Waals surface area contributed by atoms with Crippen molar-refractivity contribution in [2.45, 2.75) is 19.4 Å². The van der Waals surface area contributed by atoms with Crippen LogP contribution in [0.25, 0.3) is 0 Å². The molecule has 1 heterocycles. The third-order valence-corrected chi connectivity index (χ3v) is 3.46. The summed E-state index contributed by atoms with van der Waals surface area (Å²) < 4.78 is 1.01. The summed E-state index contributed by atoms with van der Waals surface area (Å²) in [6.07, 6.45) is 0. The predicted octanol–water partition coefficient (Wildman–Crippen LogP) is 2.62. The van der Waals surface area contributed by atoms with Gasteiger partial charge < -0.3 is 10.2 Å². The van der Waals surface area contributed by atoms with Crippen molar-refractivity contribution in [3.63, 3.8) is 0 Å². The molecule has 1 amide bonds. The summed E-state index contributed by atoms with van der Waals surface area (Å²) in [5.74, 6) is 0.0276. The molecule has 0 unspecified atom stereocenters. The van der Waals surface area contributed by atoms with Crippen molar-refractivity contribution >= 4 is 33.2 Å². The lowest BCUT2D eigenvalue weighted by Crippen LogP contribution is -2.54. The molecule has 0 bridgehead atoms. The standard InChI is InChI=1S/C11H13BrN2O/c1-11(2)10(15)13-8-5-4-7(12)6-9(8)14(11)3/h4-6H,1-3H3,(H,13,15). The fourth-order valence-corrected chi connectivity index (χ4v) is 1.97. The molecule has 0 fully saturated rings. The molecule has 0 radical (unpaired) electrons. The van der Waals surface area contributed by atoms with E-state index in [0.717, 1.165) is 15.8 Å². The molecule has 15 heavy (non-hydrogen) atoms. The van der Waals surface area contributed by atoms with Gasteiger partial charge in [-0.3, -0.25) is 4.79 Å². The van der Waals surface area contributed by atoms with Crippen LogP contribution >= 0.6 is 15.9 Å². The van der Waals surface area contributed by atoms with Gasteiger partial charge in [0.25, 0.3) is 0 Å². The summed E-state index contributed by atoms with van der Waals surface area (Å²) in [6.45, 7) is 3.82. The van der Waals surface area contributed by atoms with E-state index in [1.165, 1.54) is 0 Å². The highest BCUT2D eigenvalue weighted by Gasteiger charge is 2.37. The lowest BCUT2D eigenvalue weighted by atomic mass is 9.97. The Bertz CT molecular complexity index is 429. The molecule has 3 nitrogen and oxygen atoms in total. The number of halogens is 1. The average molecular weight is 269 g/mol. The molecule has 0 spiro atoms. The molecule has 80 valence electrons. The minimum atomic E-state index is -0.506. The molecule has 0 aliphatic carbocycles. The number of hydrogen-bond donors (Lipinski definition) is 1. The molecule has 1 aliphatic heterocycles. The first-order chi connectivity index (χ1) is 6.93. The number of rotatable bonds is 0. The average Bonchev–Trinajstić information content (AvgIpc) is 2.17. The Hall–Kier alpha value is -1.03. The summed E-state index contributed by atoms with van der Waals surface area (Å²) >= 11 is 3.43. The second-order valence-corrected chi connectivity index (χ2v) is 5.15. The SMILES string of the molecule is CN1c2cc(Br)ccc2NC(=O)C1(C)C. The molecular formula is C11H13BrN2O. The van der Waals surface area contributed by atoms with E-state index in [4.69, 9.17) is 0 Å². The summed E-state index contributed by atoms with van der Waals surface area (Å²) in [4.78, 5) is 13.8. The molecule has 4 heteroatoms. The first-order valence-corrected chi connectivity index (χ1v) is 5.57. The molecule has 1 N–H and O–H groups in total. The maximum atomic E-state index is 11.8. The van der Waals surface area contributed by atoms with Crippen LogP contribution in [0.5, 0.6) is 0 Å². The number of nitrogens with one attached hydrogen (secondary N) is 1. The van der Waals surface area contributed by atoms with Crippen LogP contribution in [0.4, 0.5) is 11.4 Å². The number of nitrogens with zero attached hydrogens (tertiary/aromatic N) is 1. The number of hydrogen-bond acceptors (Lipinski definition) is 2. The number of carbonyl (C=O) groups is 1. The van der Waals surface area contributed by atoms with Crippen LogP contribution in [-0.2, 0) is 4.79 Å². The zero-order chi connectivity index (χ0) is 11.2. The Morgan fingerprint density at radius 3 is 2.73 bits per heavy atom. The first kappa shape index (κ1) is 10.5. The number of amides is 1. The Kier molecular flexibility index (Phi) is 2.26. The van der Waals surface area contributed by atoms with Crippen molar-refractivity contribution in [1.29, 1.82) is 0 Å². The summed E-state index contributed by atoms with van der Waals surface area (Å²) in [5.41, 5.74) is 1.40. The van der Waals surface area contributed by atoms with E-state index in [9.17, 15) is 4.79 Å². The van der Waals surface area contributed by atoms with Gasteiger partial charge in [0.05, 0.1) is 11.4 Å². The van der Waals surface area contributed by atoms with Gasteiger partial charge in [0.15, 0.2) is 0 Å². The van der Waals surface area contributed by atoms with Gasteiger partial charge in [0, 0.05) is 11.5 Å². The van der Waals surface area contributed by atoms with Gasteiger partial charge in [-0.15, -0.1) is 0 Å². The van der Waals surface area contributed by atoms with Crippen LogP contribution in [0.1, 0.15) is 13.8 Å². The van der Waals surface area contributed by atoms with Gasteiger partial charge in [0.2, 0.25) is 5.91 Å². The molecule has 0 atom stereocenters. The molecule has 0 aromatic heterocycles. The Morgan fingerprint density at radius 2 is 2.07 bits per heavy atom. The number of likely N-dealkylation sites (N-methyl/N-ethyl adjacent to an activating group) is 1. The quantitative estimate of drug-likeness (QED) is 0.785. The summed E-state index contributed by atoms with van der Waals surface area (Å²) in [5, 5.41) is 2.91. The van der Waals surface area contributed by atoms with Crippen LogP contribution in [0.2, 0.25) is 0 Å². The van der Waals surface area contributed by atoms with Gasteiger partial charge >= 0.3 is 0 Å². The van der Waals surface area contributed by atoms with E-state index in [1.54, 1.807) is 0 Å². The Labute approximate surface area is 97.6 Å². The maximum absolute atomic E-state index is 11.8. The topological polar surface area (TPSA) is 32.3 Å². The normalized spacial score (nSPS) is 18.4. The fourth-order valence-electron chi connectivity index (χ4n) is 1.62. The maximum Gasteiger partial charge on any atom is 0.249 e. The van der Waals surface area contributed by atoms with E-state index >= 15 is 0 Å². The summed E-state index contributed by atoms with van der Waals surface area (Å²) in [7, 11) is 1.93. The minimum Gasteiger partial charge on any atom is -0.359 e. The lowest BCUT2D eigenvalue weighted by Gasteiger charge is -2.41. The molecular weight excluding hydrogens is 256 g/mol. The van der Waals surface area contributed by atoms with Gasteiger partial charge in [-0.05, 0) is 32.0 Å². The largest absolute Gasteiger partial charge is 0.359 e. The molecule has 2 rings (SSSR count). The second-order valence-electron chi connectivity index (χ2n) is 4.23. The number of benzene rings is 1. The third kappa shape index (κ3) is 1.53. The number of anilines is 2. The second kappa shape index (κ2) is 3.23. The highest BCUT2D eigenvalue weighted by Crippen LogP contribution is 2.37. The van der Waals surface area contributed by atoms with E-state index in [-0.39, 0.29) is 5.91 Å². The van der Waals surface area contributed by atoms with Gasteiger partial charge in [0.1, 0.15) is 5.54 Å². The highest BCUT2D eigenvalue weighted by atomic mass is 79.9. The summed E-state index contributed by atoms with van der Waals surface area (Å²) in [6, 6.07) is 5.84. The van der Waals surface area contributed by atoms with Gasteiger partial charge in [-0.2, -0.15) is 0 Å². The predicted molar refractivity (Wildman–Crippen MR) is 65.3 cm³/mol. The van der Waals surface area contributed by atoms with Crippen LogP contribution in [0.3, 0.4) is 0 Å². The van der Waals surface area contributed by atoms with Crippen molar-refractivity contribution in [2.24, 2.45) is 0 Å². The molecule has 1 aromatic rings. The van der Waals surface area contributed by atoms with E-state index in [1.807, 2.05) is 44.0 Å². The fraction of sp³-hybridized carbons (Fsp3) is 0.364. The number of fused-ring (bicyclic) bond motifs is 1. The van der Waals surface area contributed by atoms with Crippen molar-refractivity contribution in [3.8, 4) is 0 Å². The van der Waals surface area contributed by atoms with Crippen LogP contribution in [0, 0.1) is 0 Å². The van der Waals surface area contributed by atoms with Crippen molar-refractivity contribution in [2.75, 3.05) is 17.3 Å². The van der Waals surface area contributed by atoms with Crippen LogP contribution in [0.15, 0.2) is 22.7 Å². The van der Waals surface area contributed by atoms with E-state index in [2.05, 4.69) is 21.2 Å². The van der Waals surface area contributed by atoms with Gasteiger partial charge in [-0.25, -0.2) is 0 Å². The Balaban J connectivity index is 2.57. The van der Waals surface area contributed by atoms with E-state index < -0.39 is 5.54 Å². The molecule has 0 saturated heterocycles. The van der Waals surface area contributed by atoms with Gasteiger partial charge in [-0.1, -0.05) is 15.9 Å². The molecule has 1 aliphatic rings. The number of carbonyl (C=O) groups excluding carboxylic acids is 1. The Morgan fingerprint density at radius 1 is 1.40 bits per heavy atom. The van der Waals surface area contributed by atoms with Crippen molar-refractivity contribution in [1.82, 2.24) is 0 Å². The minimum absolute atomic E-state index is 0.0276. The molecule has 0 saturated carbocycles. The van der Waals surface area contributed by atoms with Crippen LogP contribution in [-0.4, -0.2) is 18.5 Å².